The first-order valence-corrected chi connectivity index (χ1v) is 8.89. The molecular formula is C18H20BrN3O3. The Morgan fingerprint density at radius 1 is 1.12 bits per heavy atom. The van der Waals surface area contributed by atoms with Crippen LogP contribution in [0.15, 0.2) is 51.9 Å². The van der Waals surface area contributed by atoms with Gasteiger partial charge >= 0.3 is 0 Å². The number of carbonyl (C=O) groups excluding carboxylic acids is 1. The molecule has 0 N–H and O–H groups in total. The lowest BCUT2D eigenvalue weighted by Gasteiger charge is -2.36. The van der Waals surface area contributed by atoms with Crippen LogP contribution in [0.5, 0.6) is 5.75 Å². The second-order valence-electron chi connectivity index (χ2n) is 5.85. The van der Waals surface area contributed by atoms with Crippen molar-refractivity contribution >= 4 is 27.5 Å². The number of pyridine rings is 1. The average molecular weight is 406 g/mol. The molecule has 0 spiro atoms. The van der Waals surface area contributed by atoms with E-state index >= 15 is 0 Å². The molecule has 0 aliphatic carbocycles. The van der Waals surface area contributed by atoms with E-state index in [4.69, 9.17) is 4.74 Å². The monoisotopic (exact) mass is 405 g/mol. The van der Waals surface area contributed by atoms with Crippen molar-refractivity contribution < 1.29 is 9.53 Å². The molecule has 1 aromatic heterocycles. The maximum Gasteiger partial charge on any atom is 0.251 e. The van der Waals surface area contributed by atoms with Crippen molar-refractivity contribution in [3.05, 3.63) is 57.4 Å². The van der Waals surface area contributed by atoms with Gasteiger partial charge in [-0.2, -0.15) is 0 Å². The van der Waals surface area contributed by atoms with Crippen LogP contribution in [0.2, 0.25) is 0 Å². The number of halogens is 1. The summed E-state index contributed by atoms with van der Waals surface area (Å²) in [5.74, 6) is 0.794. The van der Waals surface area contributed by atoms with Gasteiger partial charge in [-0.05, 0) is 34.1 Å². The average Bonchev–Trinajstić information content (AvgIpc) is 2.64. The quantitative estimate of drug-likeness (QED) is 0.779. The van der Waals surface area contributed by atoms with E-state index in [2.05, 4.69) is 20.8 Å². The number of hydrogen-bond acceptors (Lipinski definition) is 4. The lowest BCUT2D eigenvalue weighted by atomic mass is 10.2. The highest BCUT2D eigenvalue weighted by Gasteiger charge is 2.23. The Labute approximate surface area is 154 Å². The van der Waals surface area contributed by atoms with Crippen molar-refractivity contribution in [2.24, 2.45) is 0 Å². The van der Waals surface area contributed by atoms with Crippen LogP contribution in [0.4, 0.5) is 5.69 Å². The van der Waals surface area contributed by atoms with Gasteiger partial charge in [-0.25, -0.2) is 0 Å². The van der Waals surface area contributed by atoms with Crippen molar-refractivity contribution in [3.8, 4) is 5.75 Å². The molecule has 2 aromatic rings. The fraction of sp³-hybridized carbons (Fsp3) is 0.333. The third kappa shape index (κ3) is 4.04. The van der Waals surface area contributed by atoms with Gasteiger partial charge in [0.1, 0.15) is 12.3 Å². The molecule has 3 rings (SSSR count). The molecule has 1 aromatic carbocycles. The largest absolute Gasteiger partial charge is 0.495 e. The number of ether oxygens (including phenoxy) is 1. The number of hydrogen-bond donors (Lipinski definition) is 0. The molecular weight excluding hydrogens is 386 g/mol. The van der Waals surface area contributed by atoms with Crippen molar-refractivity contribution in [2.45, 2.75) is 6.54 Å². The van der Waals surface area contributed by atoms with Crippen molar-refractivity contribution in [2.75, 3.05) is 38.2 Å². The molecule has 1 saturated heterocycles. The minimum Gasteiger partial charge on any atom is -0.495 e. The van der Waals surface area contributed by atoms with Gasteiger partial charge in [-0.15, -0.1) is 0 Å². The Kier molecular flexibility index (Phi) is 5.43. The number of piperazine rings is 1. The topological polar surface area (TPSA) is 54.8 Å². The van der Waals surface area contributed by atoms with Gasteiger partial charge in [0, 0.05) is 42.9 Å². The van der Waals surface area contributed by atoms with Gasteiger partial charge in [-0.1, -0.05) is 12.1 Å². The number of anilines is 1. The molecule has 1 aliphatic rings. The summed E-state index contributed by atoms with van der Waals surface area (Å²) in [4.78, 5) is 28.4. The van der Waals surface area contributed by atoms with Gasteiger partial charge in [0.05, 0.1) is 12.8 Å². The summed E-state index contributed by atoms with van der Waals surface area (Å²) < 4.78 is 7.62. The summed E-state index contributed by atoms with van der Waals surface area (Å²) in [7, 11) is 1.66. The lowest BCUT2D eigenvalue weighted by molar-refractivity contribution is -0.132. The summed E-state index contributed by atoms with van der Waals surface area (Å²) in [6.45, 7) is 2.78. The van der Waals surface area contributed by atoms with E-state index in [1.807, 2.05) is 24.3 Å². The Morgan fingerprint density at radius 2 is 1.84 bits per heavy atom. The summed E-state index contributed by atoms with van der Waals surface area (Å²) in [5.41, 5.74) is 0.865. The standard InChI is InChI=1S/C18H20BrN3O3/c1-25-16-5-3-2-4-15(16)20-8-10-21(11-9-20)18(24)13-22-12-14(19)6-7-17(22)23/h2-7,12H,8-11,13H2,1H3. The van der Waals surface area contributed by atoms with Gasteiger partial charge in [-0.3, -0.25) is 9.59 Å². The van der Waals surface area contributed by atoms with Crippen LogP contribution < -0.4 is 15.2 Å². The van der Waals surface area contributed by atoms with Gasteiger partial charge < -0.3 is 19.1 Å². The van der Waals surface area contributed by atoms with E-state index in [1.165, 1.54) is 10.6 Å². The molecule has 2 heterocycles. The Balaban J connectivity index is 1.63. The number of amides is 1. The maximum atomic E-state index is 12.5. The van der Waals surface area contributed by atoms with Gasteiger partial charge in [0.2, 0.25) is 5.91 Å². The number of aromatic nitrogens is 1. The van der Waals surface area contributed by atoms with Gasteiger partial charge in [0.25, 0.3) is 5.56 Å². The van der Waals surface area contributed by atoms with Crippen LogP contribution in [-0.4, -0.2) is 48.7 Å². The van der Waals surface area contributed by atoms with E-state index in [-0.39, 0.29) is 18.0 Å². The number of para-hydroxylation sites is 2. The van der Waals surface area contributed by atoms with Crippen LogP contribution >= 0.6 is 15.9 Å². The smallest absolute Gasteiger partial charge is 0.251 e. The van der Waals surface area contributed by atoms with Crippen LogP contribution in [0.1, 0.15) is 0 Å². The molecule has 1 aliphatic heterocycles. The molecule has 132 valence electrons. The fourth-order valence-electron chi connectivity index (χ4n) is 2.96. The Hall–Kier alpha value is -2.28. The highest BCUT2D eigenvalue weighted by molar-refractivity contribution is 9.10. The summed E-state index contributed by atoms with van der Waals surface area (Å²) in [5, 5.41) is 0. The van der Waals surface area contributed by atoms with E-state index in [1.54, 1.807) is 24.3 Å². The molecule has 0 saturated carbocycles. The third-order valence-electron chi connectivity index (χ3n) is 4.31. The Bertz CT molecular complexity index is 813. The second kappa shape index (κ2) is 7.74. The molecule has 0 bridgehead atoms. The number of carbonyl (C=O) groups is 1. The van der Waals surface area contributed by atoms with E-state index in [0.29, 0.717) is 13.1 Å². The molecule has 6 nitrogen and oxygen atoms in total. The number of benzene rings is 1. The molecule has 1 amide bonds. The zero-order chi connectivity index (χ0) is 17.8. The van der Waals surface area contributed by atoms with E-state index < -0.39 is 0 Å². The normalized spacial score (nSPS) is 14.5. The number of methoxy groups -OCH3 is 1. The lowest BCUT2D eigenvalue weighted by Crippen LogP contribution is -2.50. The van der Waals surface area contributed by atoms with E-state index in [0.717, 1.165) is 29.0 Å². The molecule has 25 heavy (non-hydrogen) atoms. The zero-order valence-electron chi connectivity index (χ0n) is 14.0. The van der Waals surface area contributed by atoms with Crippen LogP contribution in [0.25, 0.3) is 0 Å². The second-order valence-corrected chi connectivity index (χ2v) is 6.77. The summed E-state index contributed by atoms with van der Waals surface area (Å²) >= 11 is 3.33. The van der Waals surface area contributed by atoms with Crippen molar-refractivity contribution in [3.63, 3.8) is 0 Å². The third-order valence-corrected chi connectivity index (χ3v) is 4.78. The highest BCUT2D eigenvalue weighted by Crippen LogP contribution is 2.28. The minimum atomic E-state index is -0.177. The number of nitrogens with zero attached hydrogens (tertiary/aromatic N) is 3. The van der Waals surface area contributed by atoms with Crippen LogP contribution in [-0.2, 0) is 11.3 Å². The molecule has 0 atom stereocenters. The molecule has 1 fully saturated rings. The van der Waals surface area contributed by atoms with Crippen LogP contribution in [0, 0.1) is 0 Å². The SMILES string of the molecule is COc1ccccc1N1CCN(C(=O)Cn2cc(Br)ccc2=O)CC1. The molecule has 0 unspecified atom stereocenters. The van der Waals surface area contributed by atoms with E-state index in [9.17, 15) is 9.59 Å². The summed E-state index contributed by atoms with van der Waals surface area (Å²) in [6.07, 6.45) is 1.64. The summed E-state index contributed by atoms with van der Waals surface area (Å²) in [6, 6.07) is 11.0. The fourth-order valence-corrected chi connectivity index (χ4v) is 3.34. The predicted molar refractivity (Wildman–Crippen MR) is 100 cm³/mol. The van der Waals surface area contributed by atoms with Crippen molar-refractivity contribution in [1.29, 1.82) is 0 Å². The zero-order valence-corrected chi connectivity index (χ0v) is 15.6. The maximum absolute atomic E-state index is 12.5. The van der Waals surface area contributed by atoms with Gasteiger partial charge in [0.15, 0.2) is 0 Å². The number of rotatable bonds is 4. The first kappa shape index (κ1) is 17.5. The minimum absolute atomic E-state index is 0.0418. The van der Waals surface area contributed by atoms with Crippen LogP contribution in [0.3, 0.4) is 0 Å². The first-order valence-electron chi connectivity index (χ1n) is 8.10. The molecule has 7 heteroatoms. The first-order chi connectivity index (χ1) is 12.1. The Morgan fingerprint density at radius 3 is 2.56 bits per heavy atom. The van der Waals surface area contributed by atoms with Crippen molar-refractivity contribution in [1.82, 2.24) is 9.47 Å². The highest BCUT2D eigenvalue weighted by atomic mass is 79.9. The molecule has 0 radical (unpaired) electrons. The predicted octanol–water partition coefficient (Wildman–Crippen LogP) is 1.97.